The highest BCUT2D eigenvalue weighted by Crippen LogP contribution is 2.31. The van der Waals surface area contributed by atoms with Crippen LogP contribution in [0.4, 0.5) is 0 Å². The van der Waals surface area contributed by atoms with Gasteiger partial charge in [0.05, 0.1) is 11.5 Å². The highest BCUT2D eigenvalue weighted by Gasteiger charge is 2.29. The molecule has 27 heavy (non-hydrogen) atoms. The van der Waals surface area contributed by atoms with Crippen LogP contribution in [0.25, 0.3) is 10.2 Å². The number of amides is 2. The zero-order valence-electron chi connectivity index (χ0n) is 14.7. The molecule has 0 spiro atoms. The highest BCUT2D eigenvalue weighted by atomic mass is 32.2. The molecule has 3 aromatic heterocycles. The normalized spacial score (nSPS) is 15.9. The van der Waals surface area contributed by atoms with E-state index in [0.29, 0.717) is 31.9 Å². The van der Waals surface area contributed by atoms with Crippen molar-refractivity contribution in [1.29, 1.82) is 0 Å². The Kier molecular flexibility index (Phi) is 5.13. The lowest BCUT2D eigenvalue weighted by Gasteiger charge is -2.35. The second-order valence-electron chi connectivity index (χ2n) is 6.17. The number of rotatable bonds is 4. The first-order valence-electron chi connectivity index (χ1n) is 8.60. The van der Waals surface area contributed by atoms with Crippen molar-refractivity contribution < 1.29 is 14.0 Å². The van der Waals surface area contributed by atoms with Gasteiger partial charge in [-0.1, -0.05) is 11.8 Å². The molecular formula is C18H18N4O3S2. The minimum atomic E-state index is -0.254. The lowest BCUT2D eigenvalue weighted by atomic mass is 10.2. The van der Waals surface area contributed by atoms with Crippen LogP contribution >= 0.6 is 23.1 Å². The maximum absolute atomic E-state index is 12.8. The molecule has 0 N–H and O–H groups in total. The third-order valence-corrected chi connectivity index (χ3v) is 6.40. The number of furan rings is 1. The Labute approximate surface area is 164 Å². The monoisotopic (exact) mass is 402 g/mol. The number of fused-ring (bicyclic) bond motifs is 1. The number of aromatic nitrogens is 2. The zero-order chi connectivity index (χ0) is 18.8. The van der Waals surface area contributed by atoms with Gasteiger partial charge >= 0.3 is 0 Å². The molecule has 140 valence electrons. The summed E-state index contributed by atoms with van der Waals surface area (Å²) in [5.41, 5.74) is 0. The molecule has 1 fully saturated rings. The number of piperazine rings is 1. The largest absolute Gasteiger partial charge is 0.459 e. The minimum absolute atomic E-state index is 0.0621. The molecular weight excluding hydrogens is 384 g/mol. The third-order valence-electron chi connectivity index (χ3n) is 4.47. The van der Waals surface area contributed by atoms with Crippen molar-refractivity contribution >= 4 is 45.1 Å². The van der Waals surface area contributed by atoms with Crippen molar-refractivity contribution in [3.05, 3.63) is 41.9 Å². The summed E-state index contributed by atoms with van der Waals surface area (Å²) in [4.78, 5) is 38.2. The van der Waals surface area contributed by atoms with Crippen molar-refractivity contribution in [2.75, 3.05) is 26.2 Å². The van der Waals surface area contributed by atoms with Crippen molar-refractivity contribution in [3.8, 4) is 0 Å². The lowest BCUT2D eigenvalue weighted by molar-refractivity contribution is -0.131. The first-order chi connectivity index (χ1) is 13.1. The maximum atomic E-state index is 12.8. The fourth-order valence-electron chi connectivity index (χ4n) is 3.02. The number of thiophene rings is 1. The molecule has 0 aromatic carbocycles. The van der Waals surface area contributed by atoms with Crippen LogP contribution in [0.15, 0.2) is 45.6 Å². The molecule has 9 heteroatoms. The highest BCUT2D eigenvalue weighted by molar-refractivity contribution is 8.00. The van der Waals surface area contributed by atoms with Gasteiger partial charge in [0.25, 0.3) is 5.91 Å². The zero-order valence-corrected chi connectivity index (χ0v) is 16.3. The van der Waals surface area contributed by atoms with Crippen LogP contribution in [0.3, 0.4) is 0 Å². The van der Waals surface area contributed by atoms with Crippen LogP contribution in [-0.4, -0.2) is 63.0 Å². The Morgan fingerprint density at radius 2 is 1.96 bits per heavy atom. The molecule has 0 aliphatic carbocycles. The second-order valence-corrected chi connectivity index (χ2v) is 8.40. The number of nitrogens with zero attached hydrogens (tertiary/aromatic N) is 4. The van der Waals surface area contributed by atoms with Crippen molar-refractivity contribution in [1.82, 2.24) is 19.8 Å². The molecule has 4 heterocycles. The number of hydrogen-bond acceptors (Lipinski definition) is 7. The standard InChI is InChI=1S/C18H18N4O3S2/c1-12(27-16-13-4-10-26-15(13)19-11-20-16)17(23)21-5-7-22(8-6-21)18(24)14-3-2-9-25-14/h2-4,9-12H,5-8H2,1H3/t12-/m0/s1. The van der Waals surface area contributed by atoms with Gasteiger partial charge in [-0.05, 0) is 30.5 Å². The molecule has 0 radical (unpaired) electrons. The van der Waals surface area contributed by atoms with Crippen LogP contribution < -0.4 is 0 Å². The third kappa shape index (κ3) is 3.70. The molecule has 0 unspecified atom stereocenters. The second kappa shape index (κ2) is 7.69. The summed E-state index contributed by atoms with van der Waals surface area (Å²) in [6, 6.07) is 5.34. The predicted molar refractivity (Wildman–Crippen MR) is 104 cm³/mol. The summed E-state index contributed by atoms with van der Waals surface area (Å²) in [7, 11) is 0. The van der Waals surface area contributed by atoms with Gasteiger partial charge in [0, 0.05) is 31.6 Å². The molecule has 7 nitrogen and oxygen atoms in total. The summed E-state index contributed by atoms with van der Waals surface area (Å²) in [6.45, 7) is 3.95. The van der Waals surface area contributed by atoms with Crippen LogP contribution in [0.5, 0.6) is 0 Å². The number of thioether (sulfide) groups is 1. The average molecular weight is 403 g/mol. The molecule has 0 saturated carbocycles. The van der Waals surface area contributed by atoms with Crippen LogP contribution in [0, 0.1) is 0 Å². The van der Waals surface area contributed by atoms with Gasteiger partial charge < -0.3 is 14.2 Å². The van der Waals surface area contributed by atoms with Crippen LogP contribution in [0.2, 0.25) is 0 Å². The summed E-state index contributed by atoms with van der Waals surface area (Å²) in [5.74, 6) is 0.268. The van der Waals surface area contributed by atoms with Crippen LogP contribution in [-0.2, 0) is 4.79 Å². The van der Waals surface area contributed by atoms with E-state index in [1.807, 2.05) is 23.3 Å². The van der Waals surface area contributed by atoms with Gasteiger partial charge in [0.2, 0.25) is 5.91 Å². The quantitative estimate of drug-likeness (QED) is 0.493. The molecule has 0 bridgehead atoms. The van der Waals surface area contributed by atoms with E-state index in [-0.39, 0.29) is 17.1 Å². The van der Waals surface area contributed by atoms with Crippen molar-refractivity contribution in [2.45, 2.75) is 17.2 Å². The summed E-state index contributed by atoms with van der Waals surface area (Å²) >= 11 is 3.02. The molecule has 1 aliphatic heterocycles. The maximum Gasteiger partial charge on any atom is 0.289 e. The molecule has 1 atom stereocenters. The van der Waals surface area contributed by atoms with Gasteiger partial charge in [-0.2, -0.15) is 0 Å². The minimum Gasteiger partial charge on any atom is -0.459 e. The molecule has 3 aromatic rings. The Bertz CT molecular complexity index is 949. The van der Waals surface area contributed by atoms with Gasteiger partial charge in [-0.25, -0.2) is 9.97 Å². The molecule has 1 aliphatic rings. The average Bonchev–Trinajstić information content (AvgIpc) is 3.39. The van der Waals surface area contributed by atoms with Crippen molar-refractivity contribution in [2.24, 2.45) is 0 Å². The van der Waals surface area contributed by atoms with E-state index in [1.165, 1.54) is 24.4 Å². The Morgan fingerprint density at radius 3 is 2.70 bits per heavy atom. The summed E-state index contributed by atoms with van der Waals surface area (Å²) in [5, 5.41) is 3.54. The predicted octanol–water partition coefficient (Wildman–Crippen LogP) is 2.75. The van der Waals surface area contributed by atoms with Gasteiger partial charge in [0.15, 0.2) is 5.76 Å². The van der Waals surface area contributed by atoms with Crippen molar-refractivity contribution in [3.63, 3.8) is 0 Å². The Morgan fingerprint density at radius 1 is 1.19 bits per heavy atom. The smallest absolute Gasteiger partial charge is 0.289 e. The van der Waals surface area contributed by atoms with Gasteiger partial charge in [0.1, 0.15) is 16.2 Å². The molecule has 1 saturated heterocycles. The molecule has 2 amide bonds. The summed E-state index contributed by atoms with van der Waals surface area (Å²) < 4.78 is 5.17. The van der Waals surface area contributed by atoms with Gasteiger partial charge in [-0.15, -0.1) is 11.3 Å². The van der Waals surface area contributed by atoms with E-state index in [9.17, 15) is 9.59 Å². The number of hydrogen-bond donors (Lipinski definition) is 0. The van der Waals surface area contributed by atoms with E-state index >= 15 is 0 Å². The Hall–Kier alpha value is -2.39. The number of carbonyl (C=O) groups is 2. The topological polar surface area (TPSA) is 79.5 Å². The van der Waals surface area contributed by atoms with E-state index in [1.54, 1.807) is 28.4 Å². The van der Waals surface area contributed by atoms with Gasteiger partial charge in [-0.3, -0.25) is 9.59 Å². The fourth-order valence-corrected chi connectivity index (χ4v) is 4.80. The SMILES string of the molecule is C[C@H](Sc1ncnc2sccc12)C(=O)N1CCN(C(=O)c2ccco2)CC1. The Balaban J connectivity index is 1.36. The first kappa shape index (κ1) is 18.0. The summed E-state index contributed by atoms with van der Waals surface area (Å²) in [6.07, 6.45) is 3.03. The van der Waals surface area contributed by atoms with E-state index in [4.69, 9.17) is 4.42 Å². The van der Waals surface area contributed by atoms with Crippen LogP contribution in [0.1, 0.15) is 17.5 Å². The van der Waals surface area contributed by atoms with E-state index < -0.39 is 0 Å². The molecule has 4 rings (SSSR count). The van der Waals surface area contributed by atoms with E-state index in [0.717, 1.165) is 15.2 Å². The number of carbonyl (C=O) groups excluding carboxylic acids is 2. The first-order valence-corrected chi connectivity index (χ1v) is 10.4. The van der Waals surface area contributed by atoms with E-state index in [2.05, 4.69) is 9.97 Å². The lowest BCUT2D eigenvalue weighted by Crippen LogP contribution is -2.52. The fraction of sp³-hybridized carbons (Fsp3) is 0.333.